The molecule has 0 N–H and O–H groups in total. The number of furan rings is 1. The maximum Gasteiger partial charge on any atom is 0.204 e. The fourth-order valence-electron chi connectivity index (χ4n) is 2.11. The second kappa shape index (κ2) is 4.74. The third-order valence-corrected chi connectivity index (χ3v) is 3.05. The van der Waals surface area contributed by atoms with E-state index in [1.165, 1.54) is 0 Å². The third-order valence-electron chi connectivity index (χ3n) is 3.05. The van der Waals surface area contributed by atoms with Crippen molar-refractivity contribution < 1.29 is 22.3 Å². The Bertz CT molecular complexity index is 793. The van der Waals surface area contributed by atoms with Crippen molar-refractivity contribution in [2.45, 2.75) is 13.3 Å². The van der Waals surface area contributed by atoms with E-state index in [0.717, 1.165) is 12.5 Å². The molecule has 104 valence electrons. The molecule has 2 aromatic carbocycles. The van der Waals surface area contributed by atoms with Crippen molar-refractivity contribution in [3.63, 3.8) is 0 Å². The molecule has 0 saturated carbocycles. The van der Waals surface area contributed by atoms with E-state index in [9.17, 15) is 13.2 Å². The Morgan fingerprint density at radius 3 is 2.60 bits per heavy atom. The van der Waals surface area contributed by atoms with Gasteiger partial charge in [0.25, 0.3) is 0 Å². The molecule has 1 heterocycles. The molecule has 0 saturated heterocycles. The van der Waals surface area contributed by atoms with E-state index in [1.807, 2.05) is 6.92 Å². The first-order valence-corrected chi connectivity index (χ1v) is 6.24. The molecule has 3 rings (SSSR count). The van der Waals surface area contributed by atoms with Crippen molar-refractivity contribution in [1.29, 1.82) is 0 Å². The number of benzene rings is 2. The minimum absolute atomic E-state index is 0.207. The zero-order valence-electron chi connectivity index (χ0n) is 10.7. The summed E-state index contributed by atoms with van der Waals surface area (Å²) in [5.41, 5.74) is 0.0454. The second-order valence-electron chi connectivity index (χ2n) is 4.47. The normalized spacial score (nSPS) is 11.4. The average molecular weight is 280 g/mol. The highest BCUT2D eigenvalue weighted by molar-refractivity contribution is 6.05. The molecule has 5 heteroatoms. The van der Waals surface area contributed by atoms with Crippen LogP contribution in [0.15, 0.2) is 28.7 Å². The Kier molecular flexibility index (Phi) is 3.04. The molecule has 0 aliphatic carbocycles. The standard InChI is InChI=1S/C15H11F3O2/c1-2-5-19-8-3-4-9-10-7-11(16)13(17)14(18)15(10)20-12(9)6-8/h3-4,6-7H,2,5H2,1H3. The molecule has 0 amide bonds. The van der Waals surface area contributed by atoms with Gasteiger partial charge in [-0.2, -0.15) is 4.39 Å². The van der Waals surface area contributed by atoms with Crippen molar-refractivity contribution in [3.8, 4) is 5.75 Å². The molecule has 0 spiro atoms. The summed E-state index contributed by atoms with van der Waals surface area (Å²) in [6.45, 7) is 2.52. The molecular formula is C15H11F3O2. The van der Waals surface area contributed by atoms with E-state index >= 15 is 0 Å². The highest BCUT2D eigenvalue weighted by atomic mass is 19.2. The SMILES string of the molecule is CCCOc1ccc2c(c1)oc1c(F)c(F)c(F)cc12. The van der Waals surface area contributed by atoms with E-state index in [4.69, 9.17) is 9.15 Å². The molecule has 0 radical (unpaired) electrons. The van der Waals surface area contributed by atoms with E-state index in [0.29, 0.717) is 23.3 Å². The molecule has 0 fully saturated rings. The molecule has 20 heavy (non-hydrogen) atoms. The van der Waals surface area contributed by atoms with Gasteiger partial charge in [-0.05, 0) is 24.6 Å². The summed E-state index contributed by atoms with van der Waals surface area (Å²) in [5, 5.41) is 0.722. The van der Waals surface area contributed by atoms with Crippen molar-refractivity contribution in [3.05, 3.63) is 41.7 Å². The van der Waals surface area contributed by atoms with Crippen LogP contribution >= 0.6 is 0 Å². The first-order chi connectivity index (χ1) is 9.61. The summed E-state index contributed by atoms with van der Waals surface area (Å²) in [4.78, 5) is 0. The number of rotatable bonds is 3. The largest absolute Gasteiger partial charge is 0.493 e. The van der Waals surface area contributed by atoms with Crippen molar-refractivity contribution >= 4 is 21.9 Å². The predicted octanol–water partition coefficient (Wildman–Crippen LogP) is 4.79. The topological polar surface area (TPSA) is 22.4 Å². The van der Waals surface area contributed by atoms with Gasteiger partial charge in [0.15, 0.2) is 17.2 Å². The average Bonchev–Trinajstić information content (AvgIpc) is 2.81. The zero-order valence-corrected chi connectivity index (χ0v) is 10.7. The molecule has 0 bridgehead atoms. The van der Waals surface area contributed by atoms with Crippen LogP contribution in [0.25, 0.3) is 21.9 Å². The lowest BCUT2D eigenvalue weighted by atomic mass is 10.1. The number of hydrogen-bond donors (Lipinski definition) is 0. The fraction of sp³-hybridized carbons (Fsp3) is 0.200. The lowest BCUT2D eigenvalue weighted by molar-refractivity contribution is 0.317. The van der Waals surface area contributed by atoms with Gasteiger partial charge in [0.2, 0.25) is 5.82 Å². The Labute approximate surface area is 112 Å². The lowest BCUT2D eigenvalue weighted by Crippen LogP contribution is -1.94. The van der Waals surface area contributed by atoms with Crippen molar-refractivity contribution in [2.24, 2.45) is 0 Å². The lowest BCUT2D eigenvalue weighted by Gasteiger charge is -2.03. The number of halogens is 3. The van der Waals surface area contributed by atoms with Gasteiger partial charge in [-0.1, -0.05) is 6.92 Å². The first-order valence-electron chi connectivity index (χ1n) is 6.24. The predicted molar refractivity (Wildman–Crippen MR) is 69.4 cm³/mol. The van der Waals surface area contributed by atoms with E-state index in [2.05, 4.69) is 0 Å². The smallest absolute Gasteiger partial charge is 0.204 e. The van der Waals surface area contributed by atoms with Crippen LogP contribution in [0.4, 0.5) is 13.2 Å². The quantitative estimate of drug-likeness (QED) is 0.643. The van der Waals surface area contributed by atoms with Gasteiger partial charge >= 0.3 is 0 Å². The van der Waals surface area contributed by atoms with Crippen LogP contribution in [0.2, 0.25) is 0 Å². The van der Waals surface area contributed by atoms with Crippen LogP contribution in [0, 0.1) is 17.5 Å². The Morgan fingerprint density at radius 2 is 1.85 bits per heavy atom. The van der Waals surface area contributed by atoms with Crippen molar-refractivity contribution in [2.75, 3.05) is 6.61 Å². The Balaban J connectivity index is 2.23. The van der Waals surface area contributed by atoms with Gasteiger partial charge < -0.3 is 9.15 Å². The fourth-order valence-corrected chi connectivity index (χ4v) is 2.11. The summed E-state index contributed by atoms with van der Waals surface area (Å²) >= 11 is 0. The Hall–Kier alpha value is -2.17. The molecule has 1 aromatic heterocycles. The number of ether oxygens (including phenoxy) is 1. The van der Waals surface area contributed by atoms with Crippen LogP contribution in [0.1, 0.15) is 13.3 Å². The summed E-state index contributed by atoms with van der Waals surface area (Å²) in [5.74, 6) is -3.50. The van der Waals surface area contributed by atoms with Crippen LogP contribution < -0.4 is 4.74 Å². The van der Waals surface area contributed by atoms with Gasteiger partial charge in [-0.25, -0.2) is 8.78 Å². The minimum Gasteiger partial charge on any atom is -0.493 e. The molecular weight excluding hydrogens is 269 g/mol. The maximum absolute atomic E-state index is 13.7. The molecule has 2 nitrogen and oxygen atoms in total. The van der Waals surface area contributed by atoms with Gasteiger partial charge in [-0.3, -0.25) is 0 Å². The second-order valence-corrected chi connectivity index (χ2v) is 4.47. The number of hydrogen-bond acceptors (Lipinski definition) is 2. The van der Waals surface area contributed by atoms with Gasteiger partial charge in [0.1, 0.15) is 11.3 Å². The number of fused-ring (bicyclic) bond motifs is 3. The highest BCUT2D eigenvalue weighted by Crippen LogP contribution is 2.34. The van der Waals surface area contributed by atoms with E-state index in [-0.39, 0.29) is 11.0 Å². The molecule has 0 aliphatic heterocycles. The summed E-state index contributed by atoms with van der Waals surface area (Å²) < 4.78 is 50.9. The van der Waals surface area contributed by atoms with E-state index < -0.39 is 17.5 Å². The highest BCUT2D eigenvalue weighted by Gasteiger charge is 2.19. The molecule has 0 unspecified atom stereocenters. The third kappa shape index (κ3) is 1.90. The van der Waals surface area contributed by atoms with Gasteiger partial charge in [-0.15, -0.1) is 0 Å². The first kappa shape index (κ1) is 12.8. The zero-order chi connectivity index (χ0) is 14.3. The van der Waals surface area contributed by atoms with Crippen LogP contribution in [0.5, 0.6) is 5.75 Å². The summed E-state index contributed by atoms with van der Waals surface area (Å²) in [6, 6.07) is 5.85. The van der Waals surface area contributed by atoms with E-state index in [1.54, 1.807) is 18.2 Å². The molecule has 0 aliphatic rings. The maximum atomic E-state index is 13.7. The summed E-state index contributed by atoms with van der Waals surface area (Å²) in [6.07, 6.45) is 0.850. The molecule has 3 aromatic rings. The Morgan fingerprint density at radius 1 is 1.05 bits per heavy atom. The summed E-state index contributed by atoms with van der Waals surface area (Å²) in [7, 11) is 0. The monoisotopic (exact) mass is 280 g/mol. The van der Waals surface area contributed by atoms with Crippen LogP contribution in [-0.4, -0.2) is 6.61 Å². The van der Waals surface area contributed by atoms with Crippen LogP contribution in [-0.2, 0) is 0 Å². The minimum atomic E-state index is -1.53. The molecule has 0 atom stereocenters. The van der Waals surface area contributed by atoms with Gasteiger partial charge in [0.05, 0.1) is 6.61 Å². The van der Waals surface area contributed by atoms with Crippen molar-refractivity contribution in [1.82, 2.24) is 0 Å². The van der Waals surface area contributed by atoms with Crippen LogP contribution in [0.3, 0.4) is 0 Å². The van der Waals surface area contributed by atoms with Gasteiger partial charge in [0, 0.05) is 16.8 Å².